The van der Waals surface area contributed by atoms with Gasteiger partial charge in [0.1, 0.15) is 0 Å². The molecule has 2 aliphatic heterocycles. The van der Waals surface area contributed by atoms with Gasteiger partial charge in [-0.1, -0.05) is 12.8 Å². The molecule has 2 aliphatic rings. The van der Waals surface area contributed by atoms with Gasteiger partial charge >= 0.3 is 0 Å². The smallest absolute Gasteiger partial charge is 0.279 e. The van der Waals surface area contributed by atoms with Gasteiger partial charge < -0.3 is 10.6 Å². The summed E-state index contributed by atoms with van der Waals surface area (Å²) in [5.41, 5.74) is 5.55. The summed E-state index contributed by atoms with van der Waals surface area (Å²) in [6.07, 6.45) is 6.01. The molecule has 0 atom stereocenters. The predicted octanol–water partition coefficient (Wildman–Crippen LogP) is 0.120. The molecule has 118 valence electrons. The molecule has 2 rings (SSSR count). The summed E-state index contributed by atoms with van der Waals surface area (Å²) in [7, 11) is -3.30. The average molecular weight is 304 g/mol. The number of likely N-dealkylation sites (tertiary alicyclic amines) is 1. The standard InChI is InChI=1S/C13H28N4O2S/c14-7-12-16-10-5-13(6-11-16)15-20(18,19)17-8-3-1-2-4-9-17/h13,15H,1-12,14H2. The molecule has 0 radical (unpaired) electrons. The fourth-order valence-corrected chi connectivity index (χ4v) is 4.57. The summed E-state index contributed by atoms with van der Waals surface area (Å²) < 4.78 is 29.3. The predicted molar refractivity (Wildman–Crippen MR) is 80.6 cm³/mol. The minimum atomic E-state index is -3.30. The Bertz CT molecular complexity index is 372. The highest BCUT2D eigenvalue weighted by molar-refractivity contribution is 7.87. The van der Waals surface area contributed by atoms with Gasteiger partial charge in [-0.2, -0.15) is 17.4 Å². The largest absolute Gasteiger partial charge is 0.329 e. The van der Waals surface area contributed by atoms with Crippen LogP contribution >= 0.6 is 0 Å². The number of nitrogens with zero attached hydrogens (tertiary/aromatic N) is 2. The topological polar surface area (TPSA) is 78.7 Å². The van der Waals surface area contributed by atoms with Crippen molar-refractivity contribution in [3.05, 3.63) is 0 Å². The average Bonchev–Trinajstić information content (AvgIpc) is 2.70. The Kier molecular flexibility index (Phi) is 6.22. The van der Waals surface area contributed by atoms with Crippen molar-refractivity contribution in [1.29, 1.82) is 0 Å². The van der Waals surface area contributed by atoms with E-state index >= 15 is 0 Å². The van der Waals surface area contributed by atoms with Gasteiger partial charge in [-0.3, -0.25) is 0 Å². The first-order valence-corrected chi connectivity index (χ1v) is 9.25. The van der Waals surface area contributed by atoms with Gasteiger partial charge in [0, 0.05) is 32.2 Å². The Balaban J connectivity index is 1.82. The Morgan fingerprint density at radius 2 is 1.60 bits per heavy atom. The molecule has 0 aromatic heterocycles. The molecule has 7 heteroatoms. The summed E-state index contributed by atoms with van der Waals surface area (Å²) in [6.45, 7) is 4.78. The highest BCUT2D eigenvalue weighted by atomic mass is 32.2. The van der Waals surface area contributed by atoms with Crippen LogP contribution in [0.1, 0.15) is 38.5 Å². The maximum atomic E-state index is 12.4. The van der Waals surface area contributed by atoms with E-state index in [0.29, 0.717) is 19.6 Å². The molecule has 0 aliphatic carbocycles. The molecule has 0 aromatic rings. The minimum Gasteiger partial charge on any atom is -0.329 e. The van der Waals surface area contributed by atoms with Crippen LogP contribution in [-0.2, 0) is 10.2 Å². The molecule has 0 spiro atoms. The Morgan fingerprint density at radius 3 is 2.15 bits per heavy atom. The van der Waals surface area contributed by atoms with Crippen LogP contribution < -0.4 is 10.5 Å². The van der Waals surface area contributed by atoms with Crippen molar-refractivity contribution < 1.29 is 8.42 Å². The van der Waals surface area contributed by atoms with Crippen molar-refractivity contribution >= 4 is 10.2 Å². The number of nitrogens with one attached hydrogen (secondary N) is 1. The monoisotopic (exact) mass is 304 g/mol. The maximum absolute atomic E-state index is 12.4. The van der Waals surface area contributed by atoms with Crippen LogP contribution in [0.4, 0.5) is 0 Å². The lowest BCUT2D eigenvalue weighted by molar-refractivity contribution is 0.211. The molecular weight excluding hydrogens is 276 g/mol. The molecule has 0 aromatic carbocycles. The number of hydrogen-bond acceptors (Lipinski definition) is 4. The first-order valence-electron chi connectivity index (χ1n) is 7.81. The van der Waals surface area contributed by atoms with Crippen molar-refractivity contribution in [3.63, 3.8) is 0 Å². The van der Waals surface area contributed by atoms with E-state index in [1.807, 2.05) is 0 Å². The van der Waals surface area contributed by atoms with Gasteiger partial charge in [0.25, 0.3) is 10.2 Å². The molecule has 20 heavy (non-hydrogen) atoms. The number of piperidine rings is 1. The summed E-state index contributed by atoms with van der Waals surface area (Å²) in [5.74, 6) is 0. The molecular formula is C13H28N4O2S. The lowest BCUT2D eigenvalue weighted by Crippen LogP contribution is -2.50. The van der Waals surface area contributed by atoms with Crippen LogP contribution in [-0.4, -0.2) is 62.9 Å². The number of rotatable bonds is 5. The van der Waals surface area contributed by atoms with Crippen LogP contribution in [0, 0.1) is 0 Å². The van der Waals surface area contributed by atoms with Crippen LogP contribution in [0.2, 0.25) is 0 Å². The highest BCUT2D eigenvalue weighted by Gasteiger charge is 2.28. The van der Waals surface area contributed by atoms with Crippen molar-refractivity contribution in [1.82, 2.24) is 13.9 Å². The summed E-state index contributed by atoms with van der Waals surface area (Å²) in [4.78, 5) is 2.30. The highest BCUT2D eigenvalue weighted by Crippen LogP contribution is 2.15. The zero-order chi connectivity index (χ0) is 14.4. The maximum Gasteiger partial charge on any atom is 0.279 e. The summed E-state index contributed by atoms with van der Waals surface area (Å²) in [6, 6.07) is 0.0808. The second kappa shape index (κ2) is 7.70. The number of hydrogen-bond donors (Lipinski definition) is 2. The molecule has 6 nitrogen and oxygen atoms in total. The van der Waals surface area contributed by atoms with E-state index in [1.54, 1.807) is 4.31 Å². The third-order valence-electron chi connectivity index (χ3n) is 4.25. The fourth-order valence-electron chi connectivity index (χ4n) is 3.02. The van der Waals surface area contributed by atoms with Crippen molar-refractivity contribution in [2.75, 3.05) is 39.3 Å². The number of nitrogens with two attached hydrogens (primary N) is 1. The van der Waals surface area contributed by atoms with E-state index in [2.05, 4.69) is 9.62 Å². The molecule has 2 heterocycles. The zero-order valence-corrected chi connectivity index (χ0v) is 13.1. The molecule has 3 N–H and O–H groups in total. The molecule has 0 amide bonds. The lowest BCUT2D eigenvalue weighted by atomic mass is 10.1. The van der Waals surface area contributed by atoms with Crippen molar-refractivity contribution in [3.8, 4) is 0 Å². The fraction of sp³-hybridized carbons (Fsp3) is 1.00. The Labute approximate surface area is 122 Å². The van der Waals surface area contributed by atoms with E-state index < -0.39 is 10.2 Å². The van der Waals surface area contributed by atoms with E-state index in [9.17, 15) is 8.42 Å². The quantitative estimate of drug-likeness (QED) is 0.756. The minimum absolute atomic E-state index is 0.0808. The molecule has 0 saturated carbocycles. The molecule has 2 saturated heterocycles. The lowest BCUT2D eigenvalue weighted by Gasteiger charge is -2.33. The Hall–Kier alpha value is -0.210. The van der Waals surface area contributed by atoms with Crippen LogP contribution in [0.25, 0.3) is 0 Å². The van der Waals surface area contributed by atoms with Gasteiger partial charge in [0.2, 0.25) is 0 Å². The van der Waals surface area contributed by atoms with E-state index in [0.717, 1.165) is 58.2 Å². The normalized spacial score (nSPS) is 24.6. The van der Waals surface area contributed by atoms with Gasteiger partial charge in [-0.15, -0.1) is 0 Å². The van der Waals surface area contributed by atoms with Crippen LogP contribution in [0.3, 0.4) is 0 Å². The Morgan fingerprint density at radius 1 is 1.00 bits per heavy atom. The van der Waals surface area contributed by atoms with Gasteiger partial charge in [0.15, 0.2) is 0 Å². The third kappa shape index (κ3) is 4.66. The summed E-state index contributed by atoms with van der Waals surface area (Å²) in [5, 5.41) is 0. The molecule has 0 bridgehead atoms. The van der Waals surface area contributed by atoms with E-state index in [4.69, 9.17) is 5.73 Å². The SMILES string of the molecule is NCCN1CCC(NS(=O)(=O)N2CCCCCC2)CC1. The van der Waals surface area contributed by atoms with Gasteiger partial charge in [-0.25, -0.2) is 0 Å². The second-order valence-corrected chi connectivity index (χ2v) is 7.54. The van der Waals surface area contributed by atoms with Gasteiger partial charge in [0.05, 0.1) is 0 Å². The van der Waals surface area contributed by atoms with Gasteiger partial charge in [-0.05, 0) is 38.8 Å². The molecule has 0 unspecified atom stereocenters. The molecule has 2 fully saturated rings. The first kappa shape index (κ1) is 16.2. The van der Waals surface area contributed by atoms with E-state index in [1.165, 1.54) is 0 Å². The zero-order valence-electron chi connectivity index (χ0n) is 12.3. The van der Waals surface area contributed by atoms with Crippen LogP contribution in [0.15, 0.2) is 0 Å². The van der Waals surface area contributed by atoms with Crippen LogP contribution in [0.5, 0.6) is 0 Å². The van der Waals surface area contributed by atoms with Crippen molar-refractivity contribution in [2.45, 2.75) is 44.6 Å². The first-order chi connectivity index (χ1) is 9.62. The van der Waals surface area contributed by atoms with Crippen molar-refractivity contribution in [2.24, 2.45) is 5.73 Å². The van der Waals surface area contributed by atoms with E-state index in [-0.39, 0.29) is 6.04 Å². The third-order valence-corrected chi connectivity index (χ3v) is 5.93. The second-order valence-electron chi connectivity index (χ2n) is 5.84. The summed E-state index contributed by atoms with van der Waals surface area (Å²) >= 11 is 0.